The van der Waals surface area contributed by atoms with Crippen molar-refractivity contribution < 1.29 is 4.52 Å². The molecule has 2 heterocycles. The fourth-order valence-corrected chi connectivity index (χ4v) is 2.66. The SMILES string of the molecule is CCC1(c2nc(-c3ccc(Cl)cc3)no2)CCNC1. The van der Waals surface area contributed by atoms with Gasteiger partial charge in [0.2, 0.25) is 11.7 Å². The molecule has 3 rings (SSSR count). The summed E-state index contributed by atoms with van der Waals surface area (Å²) in [5.74, 6) is 1.37. The number of aromatic nitrogens is 2. The van der Waals surface area contributed by atoms with E-state index in [4.69, 9.17) is 16.1 Å². The molecule has 1 saturated heterocycles. The highest BCUT2D eigenvalue weighted by atomic mass is 35.5. The second-order valence-corrected chi connectivity index (χ2v) is 5.43. The molecule has 0 amide bonds. The molecule has 100 valence electrons. The molecule has 2 aromatic rings. The number of nitrogens with zero attached hydrogens (tertiary/aromatic N) is 2. The van der Waals surface area contributed by atoms with E-state index in [-0.39, 0.29) is 5.41 Å². The summed E-state index contributed by atoms with van der Waals surface area (Å²) in [7, 11) is 0. The van der Waals surface area contributed by atoms with Crippen molar-refractivity contribution in [1.82, 2.24) is 15.5 Å². The Morgan fingerprint density at radius 3 is 2.79 bits per heavy atom. The molecule has 1 fully saturated rings. The molecule has 1 atom stereocenters. The van der Waals surface area contributed by atoms with Crippen LogP contribution in [-0.2, 0) is 5.41 Å². The summed E-state index contributed by atoms with van der Waals surface area (Å²) in [6.07, 6.45) is 2.05. The molecule has 1 aromatic heterocycles. The van der Waals surface area contributed by atoms with E-state index in [1.54, 1.807) is 0 Å². The Labute approximate surface area is 117 Å². The minimum atomic E-state index is -0.00231. The molecule has 1 unspecified atom stereocenters. The van der Waals surface area contributed by atoms with Crippen molar-refractivity contribution in [1.29, 1.82) is 0 Å². The second-order valence-electron chi connectivity index (χ2n) is 4.99. The average Bonchev–Trinajstić information content (AvgIpc) is 3.09. The van der Waals surface area contributed by atoms with Gasteiger partial charge in [-0.25, -0.2) is 0 Å². The topological polar surface area (TPSA) is 51.0 Å². The van der Waals surface area contributed by atoms with Gasteiger partial charge < -0.3 is 9.84 Å². The van der Waals surface area contributed by atoms with E-state index < -0.39 is 0 Å². The predicted octanol–water partition coefficient (Wildman–Crippen LogP) is 3.03. The molecule has 0 saturated carbocycles. The van der Waals surface area contributed by atoms with Crippen molar-refractivity contribution in [3.8, 4) is 11.4 Å². The summed E-state index contributed by atoms with van der Waals surface area (Å²) in [6.45, 7) is 4.08. The van der Waals surface area contributed by atoms with Crippen LogP contribution in [-0.4, -0.2) is 23.2 Å². The molecule has 1 N–H and O–H groups in total. The molecule has 1 aromatic carbocycles. The lowest BCUT2D eigenvalue weighted by Gasteiger charge is -2.20. The maximum Gasteiger partial charge on any atom is 0.234 e. The maximum absolute atomic E-state index is 5.88. The lowest BCUT2D eigenvalue weighted by atomic mass is 9.84. The van der Waals surface area contributed by atoms with Crippen LogP contribution in [0.1, 0.15) is 25.7 Å². The van der Waals surface area contributed by atoms with Gasteiger partial charge >= 0.3 is 0 Å². The summed E-state index contributed by atoms with van der Waals surface area (Å²) in [5, 5.41) is 8.18. The number of rotatable bonds is 3. The van der Waals surface area contributed by atoms with Gasteiger partial charge in [0.25, 0.3) is 0 Å². The van der Waals surface area contributed by atoms with Crippen LogP contribution in [0, 0.1) is 0 Å². The van der Waals surface area contributed by atoms with Crippen LogP contribution in [0.5, 0.6) is 0 Å². The zero-order valence-corrected chi connectivity index (χ0v) is 11.6. The van der Waals surface area contributed by atoms with Crippen LogP contribution in [0.4, 0.5) is 0 Å². The van der Waals surface area contributed by atoms with Crippen molar-refractivity contribution in [2.24, 2.45) is 0 Å². The van der Waals surface area contributed by atoms with Gasteiger partial charge in [0.05, 0.1) is 5.41 Å². The van der Waals surface area contributed by atoms with Crippen LogP contribution < -0.4 is 5.32 Å². The highest BCUT2D eigenvalue weighted by molar-refractivity contribution is 6.30. The highest BCUT2D eigenvalue weighted by Gasteiger charge is 2.39. The zero-order valence-electron chi connectivity index (χ0n) is 10.8. The van der Waals surface area contributed by atoms with Crippen molar-refractivity contribution in [2.45, 2.75) is 25.2 Å². The van der Waals surface area contributed by atoms with Crippen molar-refractivity contribution in [3.05, 3.63) is 35.2 Å². The Morgan fingerprint density at radius 2 is 2.16 bits per heavy atom. The van der Waals surface area contributed by atoms with Gasteiger partial charge in [-0.15, -0.1) is 0 Å². The van der Waals surface area contributed by atoms with E-state index in [1.807, 2.05) is 24.3 Å². The predicted molar refractivity (Wildman–Crippen MR) is 74.2 cm³/mol. The van der Waals surface area contributed by atoms with E-state index in [0.29, 0.717) is 10.8 Å². The molecular formula is C14H16ClN3O. The van der Waals surface area contributed by atoms with Gasteiger partial charge in [0.15, 0.2) is 0 Å². The van der Waals surface area contributed by atoms with Gasteiger partial charge in [0.1, 0.15) is 0 Å². The Kier molecular flexibility index (Phi) is 3.29. The normalized spacial score (nSPS) is 22.8. The molecule has 19 heavy (non-hydrogen) atoms. The van der Waals surface area contributed by atoms with Crippen LogP contribution in [0.25, 0.3) is 11.4 Å². The first-order valence-electron chi connectivity index (χ1n) is 6.54. The summed E-state index contributed by atoms with van der Waals surface area (Å²) in [6, 6.07) is 7.48. The van der Waals surface area contributed by atoms with Gasteiger partial charge in [0, 0.05) is 17.1 Å². The van der Waals surface area contributed by atoms with Crippen molar-refractivity contribution in [2.75, 3.05) is 13.1 Å². The van der Waals surface area contributed by atoms with E-state index in [2.05, 4.69) is 22.4 Å². The summed E-state index contributed by atoms with van der Waals surface area (Å²) in [5.41, 5.74) is 0.925. The van der Waals surface area contributed by atoms with Gasteiger partial charge in [-0.2, -0.15) is 4.98 Å². The van der Waals surface area contributed by atoms with E-state index in [9.17, 15) is 0 Å². The molecular weight excluding hydrogens is 262 g/mol. The van der Waals surface area contributed by atoms with E-state index in [1.165, 1.54) is 0 Å². The van der Waals surface area contributed by atoms with Crippen LogP contribution >= 0.6 is 11.6 Å². The molecule has 0 spiro atoms. The highest BCUT2D eigenvalue weighted by Crippen LogP contribution is 2.33. The Balaban J connectivity index is 1.92. The molecule has 0 bridgehead atoms. The number of hydrogen-bond donors (Lipinski definition) is 1. The smallest absolute Gasteiger partial charge is 0.234 e. The monoisotopic (exact) mass is 277 g/mol. The standard InChI is InChI=1S/C14H16ClN3O/c1-2-14(7-8-16-9-14)13-17-12(18-19-13)10-3-5-11(15)6-4-10/h3-6,16H,2,7-9H2,1H3. The average molecular weight is 278 g/mol. The van der Waals surface area contributed by atoms with Crippen molar-refractivity contribution >= 4 is 11.6 Å². The number of benzene rings is 1. The number of halogens is 1. The number of hydrogen-bond acceptors (Lipinski definition) is 4. The third-order valence-electron chi connectivity index (χ3n) is 3.90. The van der Waals surface area contributed by atoms with Gasteiger partial charge in [-0.05, 0) is 43.7 Å². The summed E-state index contributed by atoms with van der Waals surface area (Å²) in [4.78, 5) is 4.57. The van der Waals surface area contributed by atoms with Crippen LogP contribution in [0.15, 0.2) is 28.8 Å². The Bertz CT molecular complexity index is 558. The molecule has 0 aliphatic carbocycles. The third kappa shape index (κ3) is 2.26. The van der Waals surface area contributed by atoms with E-state index in [0.717, 1.165) is 37.4 Å². The molecule has 5 heteroatoms. The molecule has 0 radical (unpaired) electrons. The lowest BCUT2D eigenvalue weighted by molar-refractivity contribution is 0.285. The second kappa shape index (κ2) is 4.94. The first-order chi connectivity index (χ1) is 9.23. The fourth-order valence-electron chi connectivity index (χ4n) is 2.53. The minimum absolute atomic E-state index is 0.00231. The summed E-state index contributed by atoms with van der Waals surface area (Å²) < 4.78 is 5.49. The largest absolute Gasteiger partial charge is 0.338 e. The van der Waals surface area contributed by atoms with Crippen LogP contribution in [0.3, 0.4) is 0 Å². The molecule has 1 aliphatic heterocycles. The molecule has 1 aliphatic rings. The zero-order chi connectivity index (χ0) is 13.3. The van der Waals surface area contributed by atoms with Gasteiger partial charge in [-0.1, -0.05) is 23.7 Å². The maximum atomic E-state index is 5.88. The quantitative estimate of drug-likeness (QED) is 0.937. The van der Waals surface area contributed by atoms with Crippen molar-refractivity contribution in [3.63, 3.8) is 0 Å². The molecule has 4 nitrogen and oxygen atoms in total. The Morgan fingerprint density at radius 1 is 1.37 bits per heavy atom. The van der Waals surface area contributed by atoms with Gasteiger partial charge in [-0.3, -0.25) is 0 Å². The summed E-state index contributed by atoms with van der Waals surface area (Å²) >= 11 is 5.88. The number of nitrogens with one attached hydrogen (secondary N) is 1. The van der Waals surface area contributed by atoms with E-state index >= 15 is 0 Å². The lowest BCUT2D eigenvalue weighted by Crippen LogP contribution is -2.28. The fraction of sp³-hybridized carbons (Fsp3) is 0.429. The minimum Gasteiger partial charge on any atom is -0.338 e. The Hall–Kier alpha value is -1.39. The third-order valence-corrected chi connectivity index (χ3v) is 4.15. The first kappa shape index (κ1) is 12.6. The first-order valence-corrected chi connectivity index (χ1v) is 6.92. The van der Waals surface area contributed by atoms with Crippen LogP contribution in [0.2, 0.25) is 5.02 Å².